The van der Waals surface area contributed by atoms with Gasteiger partial charge in [0, 0.05) is 24.6 Å². The lowest BCUT2D eigenvalue weighted by atomic mass is 10.1. The smallest absolute Gasteiger partial charge is 0.191 e. The van der Waals surface area contributed by atoms with Crippen LogP contribution in [0.15, 0.2) is 28.1 Å². The number of thioether (sulfide) groups is 1. The molecule has 0 aromatic heterocycles. The molecule has 1 aromatic rings. The normalized spacial score (nSPS) is 12.7. The van der Waals surface area contributed by atoms with Crippen LogP contribution in [-0.2, 0) is 11.3 Å². The predicted octanol–water partition coefficient (Wildman–Crippen LogP) is 3.42. The summed E-state index contributed by atoms with van der Waals surface area (Å²) in [6.45, 7) is 11.1. The molecule has 0 heterocycles. The zero-order valence-electron chi connectivity index (χ0n) is 16.5. The Labute approximate surface area is 179 Å². The van der Waals surface area contributed by atoms with Gasteiger partial charge in [-0.1, -0.05) is 26.0 Å². The average Bonchev–Trinajstić information content (AvgIpc) is 2.57. The second-order valence-electron chi connectivity index (χ2n) is 6.48. The summed E-state index contributed by atoms with van der Waals surface area (Å²) in [6.07, 6.45) is 1.53. The maximum absolute atomic E-state index is 10.0. The lowest BCUT2D eigenvalue weighted by Crippen LogP contribution is -2.42. The number of nitrogens with one attached hydrogen (secondary N) is 2. The van der Waals surface area contributed by atoms with Crippen LogP contribution >= 0.6 is 35.7 Å². The maximum Gasteiger partial charge on any atom is 0.191 e. The van der Waals surface area contributed by atoms with Crippen LogP contribution in [0.5, 0.6) is 0 Å². The Kier molecular flexibility index (Phi) is 14.3. The molecule has 0 amide bonds. The van der Waals surface area contributed by atoms with E-state index in [0.717, 1.165) is 6.54 Å². The van der Waals surface area contributed by atoms with Crippen molar-refractivity contribution in [2.24, 2.45) is 10.9 Å². The average molecular weight is 495 g/mol. The Morgan fingerprint density at radius 2 is 2.00 bits per heavy atom. The summed E-state index contributed by atoms with van der Waals surface area (Å²) < 4.78 is 5.47. The van der Waals surface area contributed by atoms with E-state index in [0.29, 0.717) is 38.2 Å². The fourth-order valence-corrected chi connectivity index (χ4v) is 2.90. The summed E-state index contributed by atoms with van der Waals surface area (Å²) in [5.41, 5.74) is 2.46. The zero-order valence-corrected chi connectivity index (χ0v) is 19.7. The van der Waals surface area contributed by atoms with Crippen LogP contribution in [-0.4, -0.2) is 49.7 Å². The van der Waals surface area contributed by atoms with Gasteiger partial charge in [-0.15, -0.1) is 35.7 Å². The van der Waals surface area contributed by atoms with Crippen LogP contribution in [0.4, 0.5) is 0 Å². The van der Waals surface area contributed by atoms with Gasteiger partial charge >= 0.3 is 0 Å². The van der Waals surface area contributed by atoms with E-state index in [1.807, 2.05) is 6.92 Å². The number of hydrogen-bond acceptors (Lipinski definition) is 4. The molecule has 0 aliphatic carbocycles. The summed E-state index contributed by atoms with van der Waals surface area (Å²) in [5.74, 6) is 1.18. The second kappa shape index (κ2) is 14.5. The molecular weight excluding hydrogens is 461 g/mol. The number of aliphatic imine (C=N–C) groups is 1. The molecule has 0 aliphatic heterocycles. The Morgan fingerprint density at radius 3 is 2.62 bits per heavy atom. The quantitative estimate of drug-likeness (QED) is 0.201. The number of nitrogens with zero attached hydrogens (tertiary/aromatic N) is 1. The van der Waals surface area contributed by atoms with Crippen LogP contribution in [0, 0.1) is 12.8 Å². The number of aliphatic hydroxyl groups is 1. The van der Waals surface area contributed by atoms with Gasteiger partial charge in [0.1, 0.15) is 0 Å². The molecule has 1 aromatic carbocycles. The predicted molar refractivity (Wildman–Crippen MR) is 123 cm³/mol. The topological polar surface area (TPSA) is 65.9 Å². The van der Waals surface area contributed by atoms with Crippen molar-refractivity contribution in [3.63, 3.8) is 0 Å². The Bertz CT molecular complexity index is 542. The van der Waals surface area contributed by atoms with E-state index in [4.69, 9.17) is 4.74 Å². The van der Waals surface area contributed by atoms with Gasteiger partial charge in [-0.2, -0.15) is 0 Å². The molecule has 0 aliphatic rings. The third-order valence-corrected chi connectivity index (χ3v) is 4.28. The Morgan fingerprint density at radius 1 is 1.27 bits per heavy atom. The monoisotopic (exact) mass is 495 g/mol. The minimum atomic E-state index is -0.552. The van der Waals surface area contributed by atoms with Crippen LogP contribution < -0.4 is 10.6 Å². The second-order valence-corrected chi connectivity index (χ2v) is 7.32. The van der Waals surface area contributed by atoms with E-state index in [2.05, 4.69) is 60.9 Å². The highest BCUT2D eigenvalue weighted by molar-refractivity contribution is 14.0. The molecule has 0 radical (unpaired) electrons. The van der Waals surface area contributed by atoms with Crippen molar-refractivity contribution in [3.05, 3.63) is 29.3 Å². The van der Waals surface area contributed by atoms with Crippen LogP contribution in [0.25, 0.3) is 0 Å². The molecule has 0 bridgehead atoms. The SMILES string of the molecule is CCNC(=NCc1ccc(C)cc1SC)NCC(O)COCC(C)C.I. The van der Waals surface area contributed by atoms with Gasteiger partial charge in [0.2, 0.25) is 0 Å². The fourth-order valence-electron chi connectivity index (χ4n) is 2.20. The van der Waals surface area contributed by atoms with E-state index >= 15 is 0 Å². The fraction of sp³-hybridized carbons (Fsp3) is 0.632. The lowest BCUT2D eigenvalue weighted by molar-refractivity contribution is 0.0280. The van der Waals surface area contributed by atoms with Crippen LogP contribution in [0.3, 0.4) is 0 Å². The largest absolute Gasteiger partial charge is 0.389 e. The zero-order chi connectivity index (χ0) is 18.7. The minimum absolute atomic E-state index is 0. The van der Waals surface area contributed by atoms with Gasteiger partial charge < -0.3 is 20.5 Å². The first-order chi connectivity index (χ1) is 12.0. The highest BCUT2D eigenvalue weighted by Crippen LogP contribution is 2.22. The van der Waals surface area contributed by atoms with E-state index < -0.39 is 6.10 Å². The van der Waals surface area contributed by atoms with Crippen LogP contribution in [0.1, 0.15) is 31.9 Å². The molecule has 1 rings (SSSR count). The summed E-state index contributed by atoms with van der Waals surface area (Å²) in [7, 11) is 0. The molecule has 7 heteroatoms. The third kappa shape index (κ3) is 10.6. The minimum Gasteiger partial charge on any atom is -0.389 e. The number of benzene rings is 1. The standard InChI is InChI=1S/C19H33N3O2S.HI/c1-6-20-19(22-11-17(23)13-24-12-14(2)3)21-10-16-8-7-15(4)9-18(16)25-5;/h7-9,14,17,23H,6,10-13H2,1-5H3,(H2,20,21,22);1H. The molecule has 1 atom stereocenters. The van der Waals surface area contributed by atoms with Crippen molar-refractivity contribution in [1.82, 2.24) is 10.6 Å². The first-order valence-electron chi connectivity index (χ1n) is 8.87. The van der Waals surface area contributed by atoms with Crippen molar-refractivity contribution in [2.45, 2.75) is 45.2 Å². The van der Waals surface area contributed by atoms with Crippen molar-refractivity contribution < 1.29 is 9.84 Å². The first kappa shape index (κ1) is 25.5. The van der Waals surface area contributed by atoms with Crippen molar-refractivity contribution >= 4 is 41.7 Å². The molecule has 1 unspecified atom stereocenters. The molecule has 0 saturated carbocycles. The van der Waals surface area contributed by atoms with E-state index in [9.17, 15) is 5.11 Å². The lowest BCUT2D eigenvalue weighted by Gasteiger charge is -2.16. The number of rotatable bonds is 10. The van der Waals surface area contributed by atoms with Gasteiger partial charge in [-0.25, -0.2) is 4.99 Å². The molecule has 5 nitrogen and oxygen atoms in total. The van der Waals surface area contributed by atoms with Gasteiger partial charge in [0.25, 0.3) is 0 Å². The summed E-state index contributed by atoms with van der Waals surface area (Å²) >= 11 is 1.74. The Hall–Kier alpha value is -0.510. The molecule has 3 N–H and O–H groups in total. The van der Waals surface area contributed by atoms with E-state index in [1.165, 1.54) is 16.0 Å². The molecular formula is C19H34IN3O2S. The molecule has 0 fully saturated rings. The van der Waals surface area contributed by atoms with Crippen LogP contribution in [0.2, 0.25) is 0 Å². The number of halogens is 1. The van der Waals surface area contributed by atoms with Crippen molar-refractivity contribution in [3.8, 4) is 0 Å². The highest BCUT2D eigenvalue weighted by atomic mass is 127. The summed E-state index contributed by atoms with van der Waals surface area (Å²) in [5, 5.41) is 16.4. The Balaban J connectivity index is 0.00000625. The van der Waals surface area contributed by atoms with Crippen molar-refractivity contribution in [1.29, 1.82) is 0 Å². The number of ether oxygens (including phenoxy) is 1. The van der Waals surface area contributed by atoms with Gasteiger partial charge in [-0.05, 0) is 43.2 Å². The van der Waals surface area contributed by atoms with Gasteiger partial charge in [-0.3, -0.25) is 0 Å². The third-order valence-electron chi connectivity index (χ3n) is 3.46. The van der Waals surface area contributed by atoms with Gasteiger partial charge in [0.15, 0.2) is 5.96 Å². The first-order valence-corrected chi connectivity index (χ1v) is 10.1. The summed E-state index contributed by atoms with van der Waals surface area (Å²) in [4.78, 5) is 5.88. The maximum atomic E-state index is 10.0. The van der Waals surface area contributed by atoms with E-state index in [-0.39, 0.29) is 24.0 Å². The summed E-state index contributed by atoms with van der Waals surface area (Å²) in [6, 6.07) is 6.43. The number of hydrogen-bond donors (Lipinski definition) is 3. The molecule has 26 heavy (non-hydrogen) atoms. The number of aliphatic hydroxyl groups excluding tert-OH is 1. The van der Waals surface area contributed by atoms with Gasteiger partial charge in [0.05, 0.1) is 19.3 Å². The van der Waals surface area contributed by atoms with Crippen molar-refractivity contribution in [2.75, 3.05) is 32.6 Å². The molecule has 0 saturated heterocycles. The number of guanidine groups is 1. The molecule has 0 spiro atoms. The van der Waals surface area contributed by atoms with E-state index in [1.54, 1.807) is 11.8 Å². The highest BCUT2D eigenvalue weighted by Gasteiger charge is 2.07. The molecule has 150 valence electrons. The number of aryl methyl sites for hydroxylation is 1.